The molecule has 0 saturated carbocycles. The van der Waals surface area contributed by atoms with Crippen LogP contribution in [0.1, 0.15) is 0 Å². The van der Waals surface area contributed by atoms with Crippen LogP contribution in [0.15, 0.2) is 0 Å². The summed E-state index contributed by atoms with van der Waals surface area (Å²) in [7, 11) is 0. The monoisotopic (exact) mass is 342 g/mol. The van der Waals surface area contributed by atoms with Gasteiger partial charge in [-0.25, -0.2) is 0 Å². The molecule has 23 heavy (non-hydrogen) atoms. The minimum atomic E-state index is -1.74. The van der Waals surface area contributed by atoms with Gasteiger partial charge in [0.1, 0.15) is 48.8 Å². The molecular weight excluding hydrogens is 320 g/mol. The molecular formula is C12H22O11. The average molecular weight is 342 g/mol. The molecule has 136 valence electrons. The molecule has 11 nitrogen and oxygen atoms in total. The van der Waals surface area contributed by atoms with Crippen molar-refractivity contribution in [1.29, 1.82) is 0 Å². The van der Waals surface area contributed by atoms with Gasteiger partial charge in [-0.05, 0) is 0 Å². The number of aliphatic hydroxyl groups is 8. The summed E-state index contributed by atoms with van der Waals surface area (Å²) in [4.78, 5) is 0. The lowest BCUT2D eigenvalue weighted by Gasteiger charge is -2.45. The molecule has 1 unspecified atom stereocenters. The average Bonchev–Trinajstić information content (AvgIpc) is 2.55. The first-order chi connectivity index (χ1) is 10.8. The summed E-state index contributed by atoms with van der Waals surface area (Å²) < 4.78 is 15.3. The molecule has 0 aromatic heterocycles. The van der Waals surface area contributed by atoms with Gasteiger partial charge in [0.05, 0.1) is 13.2 Å². The second-order valence-electron chi connectivity index (χ2n) is 5.53. The van der Waals surface area contributed by atoms with E-state index in [0.29, 0.717) is 0 Å². The van der Waals surface area contributed by atoms with Crippen molar-refractivity contribution in [3.05, 3.63) is 0 Å². The van der Waals surface area contributed by atoms with Gasteiger partial charge in [0, 0.05) is 0 Å². The van der Waals surface area contributed by atoms with Crippen LogP contribution in [0.4, 0.5) is 0 Å². The van der Waals surface area contributed by atoms with Crippen LogP contribution in [0.5, 0.6) is 0 Å². The van der Waals surface area contributed by atoms with Gasteiger partial charge >= 0.3 is 0 Å². The van der Waals surface area contributed by atoms with Crippen molar-refractivity contribution in [3.63, 3.8) is 0 Å². The SMILES string of the molecule is OC[C@H]1O[C@H](O)[C@@H](O)[C@@H](O)C1O[C@H]1O[C@H](CO)[C@@H](O)[C@H](O)[C@H]1O. The van der Waals surface area contributed by atoms with E-state index in [1.54, 1.807) is 0 Å². The Morgan fingerprint density at radius 2 is 1.26 bits per heavy atom. The van der Waals surface area contributed by atoms with Gasteiger partial charge in [-0.15, -0.1) is 0 Å². The number of hydrogen-bond donors (Lipinski definition) is 8. The van der Waals surface area contributed by atoms with Gasteiger partial charge in [0.25, 0.3) is 0 Å². The zero-order valence-electron chi connectivity index (χ0n) is 12.0. The quantitative estimate of drug-likeness (QED) is 0.243. The molecule has 0 aliphatic carbocycles. The van der Waals surface area contributed by atoms with E-state index in [4.69, 9.17) is 19.3 Å². The van der Waals surface area contributed by atoms with Crippen molar-refractivity contribution in [3.8, 4) is 0 Å². The van der Waals surface area contributed by atoms with Crippen LogP contribution in [-0.4, -0.2) is 115 Å². The maximum Gasteiger partial charge on any atom is 0.187 e. The Morgan fingerprint density at radius 3 is 1.83 bits per heavy atom. The van der Waals surface area contributed by atoms with Gasteiger partial charge in [-0.3, -0.25) is 0 Å². The number of hydrogen-bond acceptors (Lipinski definition) is 11. The van der Waals surface area contributed by atoms with E-state index < -0.39 is 74.6 Å². The first kappa shape index (κ1) is 18.9. The molecule has 0 amide bonds. The van der Waals surface area contributed by atoms with Gasteiger partial charge < -0.3 is 55.1 Å². The lowest BCUT2D eigenvalue weighted by atomic mass is 9.97. The predicted molar refractivity (Wildman–Crippen MR) is 68.6 cm³/mol. The third-order valence-electron chi connectivity index (χ3n) is 3.98. The third-order valence-corrected chi connectivity index (χ3v) is 3.98. The highest BCUT2D eigenvalue weighted by molar-refractivity contribution is 4.93. The predicted octanol–water partition coefficient (Wildman–Crippen LogP) is -5.40. The van der Waals surface area contributed by atoms with Gasteiger partial charge in [0.2, 0.25) is 0 Å². The van der Waals surface area contributed by atoms with E-state index in [2.05, 4.69) is 0 Å². The molecule has 2 aliphatic rings. The van der Waals surface area contributed by atoms with Crippen LogP contribution >= 0.6 is 0 Å². The minimum Gasteiger partial charge on any atom is -0.394 e. The molecule has 0 radical (unpaired) electrons. The van der Waals surface area contributed by atoms with Crippen molar-refractivity contribution in [2.75, 3.05) is 13.2 Å². The first-order valence-electron chi connectivity index (χ1n) is 7.08. The zero-order valence-corrected chi connectivity index (χ0v) is 12.0. The van der Waals surface area contributed by atoms with Crippen molar-refractivity contribution < 1.29 is 55.1 Å². The molecule has 10 atom stereocenters. The Balaban J connectivity index is 2.11. The Hall–Kier alpha value is -0.440. The summed E-state index contributed by atoms with van der Waals surface area (Å²) >= 11 is 0. The largest absolute Gasteiger partial charge is 0.394 e. The number of ether oxygens (including phenoxy) is 3. The molecule has 2 aliphatic heterocycles. The number of aliphatic hydroxyl groups excluding tert-OH is 8. The minimum absolute atomic E-state index is 0.667. The van der Waals surface area contributed by atoms with Crippen molar-refractivity contribution >= 4 is 0 Å². The highest BCUT2D eigenvalue weighted by Gasteiger charge is 2.50. The molecule has 0 bridgehead atoms. The Morgan fingerprint density at radius 1 is 0.652 bits per heavy atom. The lowest BCUT2D eigenvalue weighted by Crippen LogP contribution is -2.64. The van der Waals surface area contributed by atoms with Gasteiger partial charge in [-0.1, -0.05) is 0 Å². The fourth-order valence-corrected chi connectivity index (χ4v) is 2.57. The fourth-order valence-electron chi connectivity index (χ4n) is 2.57. The molecule has 2 heterocycles. The third kappa shape index (κ3) is 3.65. The van der Waals surface area contributed by atoms with Crippen LogP contribution < -0.4 is 0 Å². The standard InChI is InChI=1S/C12H22O11/c13-1-3-5(15)6(16)9(19)12(22-3)23-10-4(2-14)21-11(20)8(18)7(10)17/h3-20H,1-2H2/t3-,4-,5-,6+,7-,8+,9-,10?,11+,12-/m1/s1. The van der Waals surface area contributed by atoms with E-state index in [-0.39, 0.29) is 0 Å². The van der Waals surface area contributed by atoms with E-state index in [1.165, 1.54) is 0 Å². The fraction of sp³-hybridized carbons (Fsp3) is 1.00. The van der Waals surface area contributed by atoms with Gasteiger partial charge in [0.15, 0.2) is 12.6 Å². The van der Waals surface area contributed by atoms with Crippen molar-refractivity contribution in [1.82, 2.24) is 0 Å². The highest BCUT2D eigenvalue weighted by atomic mass is 16.7. The van der Waals surface area contributed by atoms with Crippen LogP contribution in [0, 0.1) is 0 Å². The van der Waals surface area contributed by atoms with E-state index >= 15 is 0 Å². The van der Waals surface area contributed by atoms with E-state index in [0.717, 1.165) is 0 Å². The van der Waals surface area contributed by atoms with Crippen molar-refractivity contribution in [2.24, 2.45) is 0 Å². The lowest BCUT2D eigenvalue weighted by molar-refractivity contribution is -0.355. The summed E-state index contributed by atoms with van der Waals surface area (Å²) in [5.41, 5.74) is 0. The van der Waals surface area contributed by atoms with E-state index in [9.17, 15) is 35.7 Å². The van der Waals surface area contributed by atoms with Crippen LogP contribution in [0.3, 0.4) is 0 Å². The molecule has 2 fully saturated rings. The van der Waals surface area contributed by atoms with Gasteiger partial charge in [-0.2, -0.15) is 0 Å². The smallest absolute Gasteiger partial charge is 0.187 e. The second kappa shape index (κ2) is 7.63. The summed E-state index contributed by atoms with van der Waals surface area (Å²) in [6, 6.07) is 0. The number of rotatable bonds is 4. The van der Waals surface area contributed by atoms with Crippen LogP contribution in [0.25, 0.3) is 0 Å². The van der Waals surface area contributed by atoms with Crippen molar-refractivity contribution in [2.45, 2.75) is 61.4 Å². The Bertz CT molecular complexity index is 378. The normalized spacial score (nSPS) is 51.7. The molecule has 2 saturated heterocycles. The Labute approximate surface area is 130 Å². The topological polar surface area (TPSA) is 190 Å². The summed E-state index contributed by atoms with van der Waals surface area (Å²) in [5.74, 6) is 0. The molecule has 8 N–H and O–H groups in total. The maximum atomic E-state index is 9.94. The first-order valence-corrected chi connectivity index (χ1v) is 7.08. The Kier molecular flexibility index (Phi) is 6.27. The molecule has 0 spiro atoms. The summed E-state index contributed by atoms with van der Waals surface area (Å²) in [6.07, 6.45) is -15.6. The summed E-state index contributed by atoms with van der Waals surface area (Å²) in [6.45, 7) is -1.35. The molecule has 0 aromatic carbocycles. The second-order valence-corrected chi connectivity index (χ2v) is 5.53. The highest BCUT2D eigenvalue weighted by Crippen LogP contribution is 2.28. The maximum absolute atomic E-state index is 9.94. The zero-order chi connectivity index (χ0) is 17.3. The van der Waals surface area contributed by atoms with Crippen LogP contribution in [-0.2, 0) is 14.2 Å². The van der Waals surface area contributed by atoms with Crippen LogP contribution in [0.2, 0.25) is 0 Å². The molecule has 0 aromatic rings. The molecule has 11 heteroatoms. The summed E-state index contributed by atoms with van der Waals surface area (Å²) in [5, 5.41) is 76.5. The molecule has 2 rings (SSSR count). The van der Waals surface area contributed by atoms with E-state index in [1.807, 2.05) is 0 Å².